The molecule has 0 atom stereocenters. The van der Waals surface area contributed by atoms with Gasteiger partial charge in [0.15, 0.2) is 0 Å². The van der Waals surface area contributed by atoms with Gasteiger partial charge in [0.25, 0.3) is 11.5 Å². The van der Waals surface area contributed by atoms with E-state index in [-0.39, 0.29) is 17.5 Å². The molecule has 0 aliphatic carbocycles. The molecule has 31 heavy (non-hydrogen) atoms. The molecule has 0 bridgehead atoms. The molecular weight excluding hydrogens is 392 g/mol. The zero-order valence-electron chi connectivity index (χ0n) is 17.8. The molecule has 4 rings (SSSR count). The van der Waals surface area contributed by atoms with Crippen LogP contribution in [0, 0.1) is 0 Å². The largest absolute Gasteiger partial charge is 0.336 e. The lowest BCUT2D eigenvalue weighted by atomic mass is 9.96. The van der Waals surface area contributed by atoms with Gasteiger partial charge in [-0.15, -0.1) is 0 Å². The maximum absolute atomic E-state index is 13.0. The monoisotopic (exact) mass is 418 g/mol. The van der Waals surface area contributed by atoms with E-state index < -0.39 is 11.2 Å². The van der Waals surface area contributed by atoms with Gasteiger partial charge >= 0.3 is 5.69 Å². The summed E-state index contributed by atoms with van der Waals surface area (Å²) in [7, 11) is 2.94. The summed E-state index contributed by atoms with van der Waals surface area (Å²) in [6.45, 7) is 2.40. The molecule has 1 aliphatic rings. The molecule has 1 saturated heterocycles. The van der Waals surface area contributed by atoms with Crippen LogP contribution in [-0.2, 0) is 14.1 Å². The molecule has 2 heterocycles. The molecule has 0 N–H and O–H groups in total. The Morgan fingerprint density at radius 1 is 0.806 bits per heavy atom. The zero-order valence-corrected chi connectivity index (χ0v) is 17.8. The third-order valence-corrected chi connectivity index (χ3v) is 5.87. The highest BCUT2D eigenvalue weighted by molar-refractivity contribution is 5.93. The number of piperazine rings is 1. The highest BCUT2D eigenvalue weighted by atomic mass is 16.2. The summed E-state index contributed by atoms with van der Waals surface area (Å²) in [5, 5.41) is 0. The van der Waals surface area contributed by atoms with Crippen LogP contribution in [0.1, 0.15) is 27.5 Å². The van der Waals surface area contributed by atoms with Crippen LogP contribution in [0.4, 0.5) is 0 Å². The smallest absolute Gasteiger partial charge is 0.330 e. The third-order valence-electron chi connectivity index (χ3n) is 5.87. The number of amides is 1. The number of benzene rings is 2. The summed E-state index contributed by atoms with van der Waals surface area (Å²) < 4.78 is 2.25. The molecule has 0 saturated carbocycles. The van der Waals surface area contributed by atoms with E-state index in [1.165, 1.54) is 28.9 Å². The highest BCUT2D eigenvalue weighted by Crippen LogP contribution is 2.29. The van der Waals surface area contributed by atoms with Gasteiger partial charge < -0.3 is 9.47 Å². The number of hydrogen-bond acceptors (Lipinski definition) is 4. The van der Waals surface area contributed by atoms with Gasteiger partial charge in [-0.3, -0.25) is 19.1 Å². The first kappa shape index (κ1) is 20.8. The average Bonchev–Trinajstić information content (AvgIpc) is 2.82. The van der Waals surface area contributed by atoms with Gasteiger partial charge in [-0.2, -0.15) is 0 Å². The van der Waals surface area contributed by atoms with Gasteiger partial charge in [-0.25, -0.2) is 4.79 Å². The summed E-state index contributed by atoms with van der Waals surface area (Å²) in [5.41, 5.74) is 1.45. The van der Waals surface area contributed by atoms with Crippen LogP contribution < -0.4 is 11.2 Å². The van der Waals surface area contributed by atoms with Crippen molar-refractivity contribution >= 4 is 5.91 Å². The average molecular weight is 418 g/mol. The lowest BCUT2D eigenvalue weighted by molar-refractivity contribution is 0.0594. The Hall–Kier alpha value is -3.45. The molecule has 0 spiro atoms. The van der Waals surface area contributed by atoms with Crippen LogP contribution in [0.15, 0.2) is 76.4 Å². The molecule has 7 heteroatoms. The molecule has 1 aliphatic heterocycles. The molecule has 3 aromatic rings. The van der Waals surface area contributed by atoms with E-state index in [4.69, 9.17) is 0 Å². The molecule has 1 fully saturated rings. The minimum atomic E-state index is -0.554. The van der Waals surface area contributed by atoms with Gasteiger partial charge in [-0.05, 0) is 11.1 Å². The molecule has 160 valence electrons. The molecular formula is C24H26N4O3. The number of carbonyl (C=O) groups is 1. The standard InChI is InChI=1S/C24H26N4O3/c1-25-17-20(22(29)26(2)24(25)31)23(30)28-15-13-27(14-16-28)21(18-9-5-3-6-10-18)19-11-7-4-8-12-19/h3-12,17,21H,13-16H2,1-2H3. The van der Waals surface area contributed by atoms with Crippen molar-refractivity contribution in [2.24, 2.45) is 14.1 Å². The van der Waals surface area contributed by atoms with E-state index in [1.807, 2.05) is 36.4 Å². The number of rotatable bonds is 4. The van der Waals surface area contributed by atoms with E-state index in [0.717, 1.165) is 4.57 Å². The number of carbonyl (C=O) groups excluding carboxylic acids is 1. The van der Waals surface area contributed by atoms with Crippen LogP contribution >= 0.6 is 0 Å². The Morgan fingerprint density at radius 2 is 1.32 bits per heavy atom. The van der Waals surface area contributed by atoms with Crippen molar-refractivity contribution in [3.8, 4) is 0 Å². The van der Waals surface area contributed by atoms with Gasteiger partial charge in [-0.1, -0.05) is 60.7 Å². The van der Waals surface area contributed by atoms with Crippen molar-refractivity contribution in [3.05, 3.63) is 104 Å². The second-order valence-electron chi connectivity index (χ2n) is 7.85. The van der Waals surface area contributed by atoms with E-state index in [1.54, 1.807) is 11.9 Å². The maximum Gasteiger partial charge on any atom is 0.330 e. The molecule has 2 aromatic carbocycles. The Balaban J connectivity index is 1.55. The second kappa shape index (κ2) is 8.73. The lowest BCUT2D eigenvalue weighted by Crippen LogP contribution is -2.51. The van der Waals surface area contributed by atoms with Crippen LogP contribution in [0.25, 0.3) is 0 Å². The van der Waals surface area contributed by atoms with Crippen molar-refractivity contribution < 1.29 is 4.79 Å². The predicted octanol–water partition coefficient (Wildman–Crippen LogP) is 1.63. The minimum absolute atomic E-state index is 0.0284. The van der Waals surface area contributed by atoms with Crippen molar-refractivity contribution in [2.45, 2.75) is 6.04 Å². The third kappa shape index (κ3) is 4.09. The number of nitrogens with zero attached hydrogens (tertiary/aromatic N) is 4. The fourth-order valence-electron chi connectivity index (χ4n) is 4.19. The molecule has 7 nitrogen and oxygen atoms in total. The first-order chi connectivity index (χ1) is 15.0. The van der Waals surface area contributed by atoms with Gasteiger partial charge in [0.1, 0.15) is 5.56 Å². The normalized spacial score (nSPS) is 14.7. The van der Waals surface area contributed by atoms with E-state index in [0.29, 0.717) is 26.2 Å². The maximum atomic E-state index is 13.0. The van der Waals surface area contributed by atoms with E-state index in [9.17, 15) is 14.4 Å². The fourth-order valence-corrected chi connectivity index (χ4v) is 4.19. The van der Waals surface area contributed by atoms with Gasteiger partial charge in [0.05, 0.1) is 6.04 Å². The van der Waals surface area contributed by atoms with Crippen LogP contribution in [0.2, 0.25) is 0 Å². The van der Waals surface area contributed by atoms with Crippen LogP contribution in [0.3, 0.4) is 0 Å². The van der Waals surface area contributed by atoms with Gasteiger partial charge in [0, 0.05) is 46.5 Å². The fraction of sp³-hybridized carbons (Fsp3) is 0.292. The Kier molecular flexibility index (Phi) is 5.86. The lowest BCUT2D eigenvalue weighted by Gasteiger charge is -2.39. The van der Waals surface area contributed by atoms with Crippen molar-refractivity contribution in [1.82, 2.24) is 18.9 Å². The van der Waals surface area contributed by atoms with Crippen LogP contribution in [0.5, 0.6) is 0 Å². The van der Waals surface area contributed by atoms with Gasteiger partial charge in [0.2, 0.25) is 0 Å². The summed E-state index contributed by atoms with van der Waals surface area (Å²) in [6.07, 6.45) is 1.34. The molecule has 1 aromatic heterocycles. The topological polar surface area (TPSA) is 67.6 Å². The molecule has 0 radical (unpaired) electrons. The van der Waals surface area contributed by atoms with Crippen molar-refractivity contribution in [1.29, 1.82) is 0 Å². The summed E-state index contributed by atoms with van der Waals surface area (Å²) in [6, 6.07) is 20.8. The second-order valence-corrected chi connectivity index (χ2v) is 7.85. The molecule has 1 amide bonds. The molecule has 0 unspecified atom stereocenters. The summed E-state index contributed by atoms with van der Waals surface area (Å²) in [4.78, 5) is 41.5. The summed E-state index contributed by atoms with van der Waals surface area (Å²) >= 11 is 0. The van der Waals surface area contributed by atoms with E-state index >= 15 is 0 Å². The zero-order chi connectivity index (χ0) is 22.0. The summed E-state index contributed by atoms with van der Waals surface area (Å²) in [5.74, 6) is -0.327. The van der Waals surface area contributed by atoms with Crippen molar-refractivity contribution in [3.63, 3.8) is 0 Å². The first-order valence-corrected chi connectivity index (χ1v) is 10.4. The minimum Gasteiger partial charge on any atom is -0.336 e. The Bertz CT molecular complexity index is 1140. The van der Waals surface area contributed by atoms with Crippen molar-refractivity contribution in [2.75, 3.05) is 26.2 Å². The first-order valence-electron chi connectivity index (χ1n) is 10.4. The van der Waals surface area contributed by atoms with Crippen LogP contribution in [-0.4, -0.2) is 51.0 Å². The predicted molar refractivity (Wildman–Crippen MR) is 119 cm³/mol. The number of aryl methyl sites for hydroxylation is 1. The number of aromatic nitrogens is 2. The quantitative estimate of drug-likeness (QED) is 0.646. The highest BCUT2D eigenvalue weighted by Gasteiger charge is 2.29. The number of hydrogen-bond donors (Lipinski definition) is 0. The van der Waals surface area contributed by atoms with E-state index in [2.05, 4.69) is 29.2 Å². The Labute approximate surface area is 180 Å². The SMILES string of the molecule is Cn1cc(C(=O)N2CCN(C(c3ccccc3)c3ccccc3)CC2)c(=O)n(C)c1=O. The Morgan fingerprint density at radius 3 is 1.84 bits per heavy atom.